The first-order chi connectivity index (χ1) is 18.8. The molecular weight excluding hydrogens is 512 g/mol. The number of piperidine rings is 1. The van der Waals surface area contributed by atoms with Crippen molar-refractivity contribution in [2.45, 2.75) is 38.4 Å². The van der Waals surface area contributed by atoms with Gasteiger partial charge in [-0.2, -0.15) is 18.3 Å². The van der Waals surface area contributed by atoms with Crippen LogP contribution in [-0.4, -0.2) is 50.4 Å². The summed E-state index contributed by atoms with van der Waals surface area (Å²) in [6.45, 7) is 4.33. The Morgan fingerprint density at radius 2 is 1.82 bits per heavy atom. The average Bonchev–Trinajstić information content (AvgIpc) is 3.55. The molecule has 6 rings (SSSR count). The first-order valence-corrected chi connectivity index (χ1v) is 12.8. The van der Waals surface area contributed by atoms with E-state index in [1.54, 1.807) is 18.6 Å². The molecule has 39 heavy (non-hydrogen) atoms. The summed E-state index contributed by atoms with van der Waals surface area (Å²) in [6.07, 6.45) is 3.78. The zero-order valence-corrected chi connectivity index (χ0v) is 21.1. The molecule has 202 valence electrons. The van der Waals surface area contributed by atoms with Crippen molar-refractivity contribution in [1.82, 2.24) is 30.0 Å². The third-order valence-corrected chi connectivity index (χ3v) is 7.07. The van der Waals surface area contributed by atoms with Crippen molar-refractivity contribution in [3.8, 4) is 27.9 Å². The lowest BCUT2D eigenvalue weighted by Gasteiger charge is -2.23. The minimum Gasteiger partial charge on any atom is -0.385 e. The number of fused-ring (bicyclic) bond motifs is 3. The Balaban J connectivity index is 1.48. The molecule has 0 atom stereocenters. The number of nitrogens with one attached hydrogen (secondary N) is 3. The molecule has 0 bridgehead atoms. The van der Waals surface area contributed by atoms with Gasteiger partial charge in [0.2, 0.25) is 5.95 Å². The molecule has 3 N–H and O–H groups in total. The summed E-state index contributed by atoms with van der Waals surface area (Å²) in [5.74, 6) is 0.0180. The highest BCUT2D eigenvalue weighted by Gasteiger charge is 2.35. The smallest absolute Gasteiger partial charge is 0.385 e. The molecule has 1 aliphatic heterocycles. The predicted molar refractivity (Wildman–Crippen MR) is 139 cm³/mol. The summed E-state index contributed by atoms with van der Waals surface area (Å²) in [5.41, 5.74) is 3.58. The maximum absolute atomic E-state index is 14.7. The number of anilines is 2. The van der Waals surface area contributed by atoms with Crippen LogP contribution in [0.1, 0.15) is 36.7 Å². The standard InChI is InChI=1S/C27H26F4N8/c1-2-33-21-10-16(28)9-19-18(21)11-22-24(19)25(39-8-5-23(38-39)27(29,30)31)20(14-34-22)15-12-35-26(36-13-15)37-17-3-6-32-7-4-17/h5,8-10,12-14,17,32-33H,2-4,6-7,11H2,1H3,(H,35,36,37). The molecule has 4 aromatic rings. The monoisotopic (exact) mass is 538 g/mol. The first kappa shape index (κ1) is 25.2. The second-order valence-corrected chi connectivity index (χ2v) is 9.64. The van der Waals surface area contributed by atoms with Crippen LogP contribution in [0.15, 0.2) is 43.0 Å². The maximum Gasteiger partial charge on any atom is 0.435 e. The molecule has 8 nitrogen and oxygen atoms in total. The number of nitrogens with zero attached hydrogens (tertiary/aromatic N) is 5. The SMILES string of the molecule is CCNc1cc(F)cc2c1Cc1ncc(-c3cnc(NC4CCNCC4)nc3)c(-n3ccc(C(F)(F)F)n3)c1-2. The number of rotatable bonds is 6. The fourth-order valence-electron chi connectivity index (χ4n) is 5.26. The predicted octanol–water partition coefficient (Wildman–Crippen LogP) is 5.05. The van der Waals surface area contributed by atoms with Crippen molar-refractivity contribution in [1.29, 1.82) is 0 Å². The van der Waals surface area contributed by atoms with Gasteiger partial charge >= 0.3 is 6.18 Å². The van der Waals surface area contributed by atoms with Crippen LogP contribution in [0.25, 0.3) is 27.9 Å². The van der Waals surface area contributed by atoms with Crippen molar-refractivity contribution in [2.24, 2.45) is 0 Å². The van der Waals surface area contributed by atoms with Gasteiger partial charge in [-0.05, 0) is 62.2 Å². The molecule has 3 aromatic heterocycles. The summed E-state index contributed by atoms with van der Waals surface area (Å²) in [5, 5.41) is 13.7. The van der Waals surface area contributed by atoms with Gasteiger partial charge in [-0.1, -0.05) is 0 Å². The van der Waals surface area contributed by atoms with Gasteiger partial charge in [0, 0.05) is 66.2 Å². The summed E-state index contributed by atoms with van der Waals surface area (Å²) in [7, 11) is 0. The molecule has 4 heterocycles. The molecule has 0 radical (unpaired) electrons. The number of aromatic nitrogens is 5. The third kappa shape index (κ3) is 4.80. The number of hydrogen-bond acceptors (Lipinski definition) is 7. The average molecular weight is 539 g/mol. The third-order valence-electron chi connectivity index (χ3n) is 7.07. The number of benzene rings is 1. The normalized spacial score (nSPS) is 15.2. The highest BCUT2D eigenvalue weighted by molar-refractivity contribution is 5.91. The van der Waals surface area contributed by atoms with Crippen LogP contribution < -0.4 is 16.0 Å². The van der Waals surface area contributed by atoms with E-state index < -0.39 is 17.7 Å². The fraction of sp³-hybridized carbons (Fsp3) is 0.333. The summed E-state index contributed by atoms with van der Waals surface area (Å²) in [4.78, 5) is 13.6. The second kappa shape index (κ2) is 9.92. The van der Waals surface area contributed by atoms with Gasteiger partial charge in [0.25, 0.3) is 0 Å². The van der Waals surface area contributed by atoms with Crippen LogP contribution in [0.3, 0.4) is 0 Å². The molecular formula is C27H26F4N8. The van der Waals surface area contributed by atoms with Crippen LogP contribution in [0.5, 0.6) is 0 Å². The van der Waals surface area contributed by atoms with Crippen LogP contribution in [0.2, 0.25) is 0 Å². The summed E-state index contributed by atoms with van der Waals surface area (Å²) < 4.78 is 56.4. The molecule has 1 saturated heterocycles. The van der Waals surface area contributed by atoms with Gasteiger partial charge in [0.1, 0.15) is 5.82 Å². The molecule has 1 aromatic carbocycles. The van der Waals surface area contributed by atoms with Crippen molar-refractivity contribution in [3.63, 3.8) is 0 Å². The van der Waals surface area contributed by atoms with E-state index in [0.29, 0.717) is 58.2 Å². The highest BCUT2D eigenvalue weighted by atomic mass is 19.4. The zero-order chi connectivity index (χ0) is 27.1. The Morgan fingerprint density at radius 3 is 2.51 bits per heavy atom. The van der Waals surface area contributed by atoms with E-state index >= 15 is 0 Å². The minimum absolute atomic E-state index is 0.261. The van der Waals surface area contributed by atoms with Crippen molar-refractivity contribution in [3.05, 3.63) is 65.8 Å². The number of hydrogen-bond donors (Lipinski definition) is 3. The molecule has 0 amide bonds. The molecule has 0 unspecified atom stereocenters. The molecule has 0 saturated carbocycles. The van der Waals surface area contributed by atoms with E-state index in [1.165, 1.54) is 23.0 Å². The molecule has 0 spiro atoms. The molecule has 2 aliphatic rings. The Labute approximate surface area is 221 Å². The van der Waals surface area contributed by atoms with Crippen molar-refractivity contribution >= 4 is 11.6 Å². The quantitative estimate of drug-likeness (QED) is 0.261. The summed E-state index contributed by atoms with van der Waals surface area (Å²) >= 11 is 0. The van der Waals surface area contributed by atoms with E-state index in [9.17, 15) is 17.6 Å². The number of alkyl halides is 3. The Morgan fingerprint density at radius 1 is 1.05 bits per heavy atom. The van der Waals surface area contributed by atoms with Gasteiger partial charge in [0.15, 0.2) is 5.69 Å². The lowest BCUT2D eigenvalue weighted by atomic mass is 9.99. The topological polar surface area (TPSA) is 92.6 Å². The van der Waals surface area contributed by atoms with E-state index in [-0.39, 0.29) is 6.04 Å². The van der Waals surface area contributed by atoms with E-state index in [1.807, 2.05) is 6.92 Å². The Bertz CT molecular complexity index is 1510. The zero-order valence-electron chi connectivity index (χ0n) is 21.1. The lowest BCUT2D eigenvalue weighted by Crippen LogP contribution is -2.35. The number of pyridine rings is 1. The lowest BCUT2D eigenvalue weighted by molar-refractivity contribution is -0.141. The van der Waals surface area contributed by atoms with Crippen LogP contribution in [-0.2, 0) is 12.6 Å². The van der Waals surface area contributed by atoms with Gasteiger partial charge in [-0.3, -0.25) is 4.98 Å². The second-order valence-electron chi connectivity index (χ2n) is 9.64. The van der Waals surface area contributed by atoms with Gasteiger partial charge in [-0.15, -0.1) is 0 Å². The summed E-state index contributed by atoms with van der Waals surface area (Å²) in [6, 6.07) is 4.00. The Kier molecular flexibility index (Phi) is 6.42. The van der Waals surface area contributed by atoms with Crippen LogP contribution in [0.4, 0.5) is 29.2 Å². The van der Waals surface area contributed by atoms with Gasteiger partial charge in [-0.25, -0.2) is 19.0 Å². The fourth-order valence-corrected chi connectivity index (χ4v) is 5.26. The van der Waals surface area contributed by atoms with Gasteiger partial charge < -0.3 is 16.0 Å². The van der Waals surface area contributed by atoms with Gasteiger partial charge in [0.05, 0.1) is 11.4 Å². The first-order valence-electron chi connectivity index (χ1n) is 12.8. The van der Waals surface area contributed by atoms with E-state index in [0.717, 1.165) is 37.6 Å². The molecule has 1 fully saturated rings. The van der Waals surface area contributed by atoms with Crippen molar-refractivity contribution in [2.75, 3.05) is 30.3 Å². The highest BCUT2D eigenvalue weighted by Crippen LogP contribution is 2.46. The maximum atomic E-state index is 14.7. The van der Waals surface area contributed by atoms with Crippen LogP contribution >= 0.6 is 0 Å². The number of halogens is 4. The minimum atomic E-state index is -4.62. The largest absolute Gasteiger partial charge is 0.435 e. The molecule has 1 aliphatic carbocycles. The van der Waals surface area contributed by atoms with E-state index in [4.69, 9.17) is 0 Å². The van der Waals surface area contributed by atoms with Crippen LogP contribution in [0, 0.1) is 5.82 Å². The molecule has 12 heteroatoms. The van der Waals surface area contributed by atoms with Crippen molar-refractivity contribution < 1.29 is 17.6 Å². The van der Waals surface area contributed by atoms with E-state index in [2.05, 4.69) is 36.0 Å². The Hall–Kier alpha value is -4.06.